The van der Waals surface area contributed by atoms with Crippen LogP contribution in [0.25, 0.3) is 10.9 Å². The molecule has 4 rings (SSSR count). The zero-order chi connectivity index (χ0) is 23.4. The molecular weight excluding hydrogens is 440 g/mol. The van der Waals surface area contributed by atoms with Crippen molar-refractivity contribution in [1.82, 2.24) is 9.55 Å². The van der Waals surface area contributed by atoms with Crippen LogP contribution in [-0.4, -0.2) is 39.3 Å². The molecule has 1 aromatic heterocycles. The van der Waals surface area contributed by atoms with Crippen molar-refractivity contribution in [2.24, 2.45) is 0 Å². The van der Waals surface area contributed by atoms with Crippen molar-refractivity contribution in [1.29, 1.82) is 0 Å². The van der Waals surface area contributed by atoms with E-state index in [1.165, 1.54) is 18.7 Å². The van der Waals surface area contributed by atoms with E-state index in [0.29, 0.717) is 40.6 Å². The van der Waals surface area contributed by atoms with Crippen molar-refractivity contribution >= 4 is 45.9 Å². The Bertz CT molecular complexity index is 1220. The third-order valence-corrected chi connectivity index (χ3v) is 6.45. The normalized spacial score (nSPS) is 16.5. The number of thioether (sulfide) groups is 1. The molecule has 0 saturated carbocycles. The predicted octanol–water partition coefficient (Wildman–Crippen LogP) is 3.65. The Labute approximate surface area is 195 Å². The van der Waals surface area contributed by atoms with Crippen LogP contribution < -0.4 is 16.2 Å². The second kappa shape index (κ2) is 10.2. The molecule has 0 aliphatic carbocycles. The highest BCUT2D eigenvalue weighted by molar-refractivity contribution is 8.00. The molecule has 2 aromatic carbocycles. The van der Waals surface area contributed by atoms with E-state index in [1.54, 1.807) is 47.9 Å². The van der Waals surface area contributed by atoms with Gasteiger partial charge in [-0.25, -0.2) is 4.98 Å². The number of rotatable bonds is 7. The summed E-state index contributed by atoms with van der Waals surface area (Å²) in [5.74, 6) is -0.368. The lowest BCUT2D eigenvalue weighted by molar-refractivity contribution is -0.115. The van der Waals surface area contributed by atoms with Crippen LogP contribution >= 0.6 is 11.8 Å². The summed E-state index contributed by atoms with van der Waals surface area (Å²) in [6.07, 6.45) is 1.84. The van der Waals surface area contributed by atoms with Gasteiger partial charge in [0, 0.05) is 24.9 Å². The maximum absolute atomic E-state index is 13.2. The number of carbonyl (C=O) groups excluding carboxylic acids is 2. The number of para-hydroxylation sites is 1. The SMILES string of the molecule is CC(=O)Nc1ccc(NC(=O)[C@@H](C)Sc2nc3ccccc3c(=O)n2C[C@@H]2CCCO2)cc1. The molecule has 1 fully saturated rings. The standard InChI is InChI=1S/C24H26N4O4S/c1-15(22(30)26-18-11-9-17(10-12-18)25-16(2)29)33-24-27-21-8-4-3-7-20(21)23(31)28(24)14-19-6-5-13-32-19/h3-4,7-12,15,19H,5-6,13-14H2,1-2H3,(H,25,29)(H,26,30)/t15-,19+/m1/s1. The summed E-state index contributed by atoms with van der Waals surface area (Å²) in [6, 6.07) is 14.1. The summed E-state index contributed by atoms with van der Waals surface area (Å²) in [6.45, 7) is 4.33. The molecule has 1 saturated heterocycles. The summed E-state index contributed by atoms with van der Waals surface area (Å²) in [5.41, 5.74) is 1.75. The Morgan fingerprint density at radius 3 is 2.52 bits per heavy atom. The van der Waals surface area contributed by atoms with Gasteiger partial charge in [0.2, 0.25) is 11.8 Å². The average molecular weight is 467 g/mol. The van der Waals surface area contributed by atoms with Crippen molar-refractivity contribution in [3.05, 3.63) is 58.9 Å². The summed E-state index contributed by atoms with van der Waals surface area (Å²) in [4.78, 5) is 41.9. The van der Waals surface area contributed by atoms with Gasteiger partial charge >= 0.3 is 0 Å². The first-order chi connectivity index (χ1) is 15.9. The van der Waals surface area contributed by atoms with Crippen molar-refractivity contribution < 1.29 is 14.3 Å². The summed E-state index contributed by atoms with van der Waals surface area (Å²) >= 11 is 1.25. The maximum Gasteiger partial charge on any atom is 0.262 e. The fourth-order valence-corrected chi connectivity index (χ4v) is 4.60. The molecule has 2 heterocycles. The van der Waals surface area contributed by atoms with Crippen molar-refractivity contribution in [3.63, 3.8) is 0 Å². The van der Waals surface area contributed by atoms with Crippen molar-refractivity contribution in [2.45, 2.75) is 49.7 Å². The fourth-order valence-electron chi connectivity index (χ4n) is 3.69. The van der Waals surface area contributed by atoms with Crippen LogP contribution in [-0.2, 0) is 20.9 Å². The molecule has 33 heavy (non-hydrogen) atoms. The molecule has 172 valence electrons. The first-order valence-electron chi connectivity index (χ1n) is 10.9. The summed E-state index contributed by atoms with van der Waals surface area (Å²) < 4.78 is 7.38. The van der Waals surface area contributed by atoms with E-state index >= 15 is 0 Å². The van der Waals surface area contributed by atoms with Gasteiger partial charge < -0.3 is 15.4 Å². The maximum atomic E-state index is 13.2. The van der Waals surface area contributed by atoms with Gasteiger partial charge in [-0.3, -0.25) is 19.0 Å². The fraction of sp³-hybridized carbons (Fsp3) is 0.333. The second-order valence-electron chi connectivity index (χ2n) is 7.97. The van der Waals surface area contributed by atoms with Crippen LogP contribution in [0.1, 0.15) is 26.7 Å². The Morgan fingerprint density at radius 1 is 1.15 bits per heavy atom. The smallest absolute Gasteiger partial charge is 0.262 e. The minimum atomic E-state index is -0.496. The van der Waals surface area contributed by atoms with Gasteiger partial charge in [0.1, 0.15) is 0 Å². The second-order valence-corrected chi connectivity index (χ2v) is 9.28. The minimum Gasteiger partial charge on any atom is -0.376 e. The number of amides is 2. The van der Waals surface area contributed by atoms with E-state index in [2.05, 4.69) is 10.6 Å². The van der Waals surface area contributed by atoms with Gasteiger partial charge in [-0.1, -0.05) is 23.9 Å². The third-order valence-electron chi connectivity index (χ3n) is 5.36. The number of hydrogen-bond acceptors (Lipinski definition) is 6. The molecule has 2 amide bonds. The quantitative estimate of drug-likeness (QED) is 0.407. The van der Waals surface area contributed by atoms with Crippen LogP contribution in [0.15, 0.2) is 58.5 Å². The first kappa shape index (κ1) is 23.0. The van der Waals surface area contributed by atoms with Gasteiger partial charge in [-0.05, 0) is 56.2 Å². The van der Waals surface area contributed by atoms with E-state index in [1.807, 2.05) is 12.1 Å². The molecule has 1 aliphatic rings. The lowest BCUT2D eigenvalue weighted by atomic mass is 10.2. The molecule has 0 spiro atoms. The number of hydrogen-bond donors (Lipinski definition) is 2. The first-order valence-corrected chi connectivity index (χ1v) is 11.7. The Hall–Kier alpha value is -3.17. The average Bonchev–Trinajstić information content (AvgIpc) is 3.30. The van der Waals surface area contributed by atoms with Gasteiger partial charge in [0.15, 0.2) is 5.16 Å². The van der Waals surface area contributed by atoms with Crippen molar-refractivity contribution in [2.75, 3.05) is 17.2 Å². The van der Waals surface area contributed by atoms with Crippen LogP contribution in [0.5, 0.6) is 0 Å². The molecule has 0 unspecified atom stereocenters. The number of ether oxygens (including phenoxy) is 1. The highest BCUT2D eigenvalue weighted by Gasteiger charge is 2.23. The van der Waals surface area contributed by atoms with E-state index in [0.717, 1.165) is 12.8 Å². The van der Waals surface area contributed by atoms with Gasteiger partial charge in [0.25, 0.3) is 5.56 Å². The molecule has 9 heteroatoms. The number of nitrogens with zero attached hydrogens (tertiary/aromatic N) is 2. The lowest BCUT2D eigenvalue weighted by Crippen LogP contribution is -2.30. The molecule has 8 nitrogen and oxygen atoms in total. The van der Waals surface area contributed by atoms with Crippen LogP contribution in [0, 0.1) is 0 Å². The Balaban J connectivity index is 1.53. The predicted molar refractivity (Wildman–Crippen MR) is 130 cm³/mol. The molecule has 1 aliphatic heterocycles. The zero-order valence-electron chi connectivity index (χ0n) is 18.5. The molecule has 3 aromatic rings. The highest BCUT2D eigenvalue weighted by Crippen LogP contribution is 2.25. The van der Waals surface area contributed by atoms with Crippen LogP contribution in [0.3, 0.4) is 0 Å². The Kier molecular flexibility index (Phi) is 7.10. The van der Waals surface area contributed by atoms with Crippen molar-refractivity contribution in [3.8, 4) is 0 Å². The number of carbonyl (C=O) groups is 2. The lowest BCUT2D eigenvalue weighted by Gasteiger charge is -2.18. The highest BCUT2D eigenvalue weighted by atomic mass is 32.2. The van der Waals surface area contributed by atoms with E-state index in [4.69, 9.17) is 9.72 Å². The summed E-state index contributed by atoms with van der Waals surface area (Å²) in [7, 11) is 0. The number of anilines is 2. The minimum absolute atomic E-state index is 0.0312. The topological polar surface area (TPSA) is 102 Å². The number of aromatic nitrogens is 2. The van der Waals surface area contributed by atoms with Gasteiger partial charge in [-0.2, -0.15) is 0 Å². The third kappa shape index (κ3) is 5.61. The van der Waals surface area contributed by atoms with E-state index in [9.17, 15) is 14.4 Å². The van der Waals surface area contributed by atoms with Crippen LogP contribution in [0.4, 0.5) is 11.4 Å². The van der Waals surface area contributed by atoms with Crippen LogP contribution in [0.2, 0.25) is 0 Å². The summed E-state index contributed by atoms with van der Waals surface area (Å²) in [5, 5.41) is 6.12. The Morgan fingerprint density at radius 2 is 1.85 bits per heavy atom. The molecule has 2 atom stereocenters. The number of benzene rings is 2. The molecule has 0 radical (unpaired) electrons. The molecule has 0 bridgehead atoms. The molecule has 2 N–H and O–H groups in total. The molecular formula is C24H26N4O4S. The number of nitrogens with one attached hydrogen (secondary N) is 2. The largest absolute Gasteiger partial charge is 0.376 e. The van der Waals surface area contributed by atoms with Gasteiger partial charge in [-0.15, -0.1) is 0 Å². The zero-order valence-corrected chi connectivity index (χ0v) is 19.4. The monoisotopic (exact) mass is 466 g/mol. The van der Waals surface area contributed by atoms with Gasteiger partial charge in [0.05, 0.1) is 28.8 Å². The van der Waals surface area contributed by atoms with E-state index in [-0.39, 0.29) is 23.5 Å². The van der Waals surface area contributed by atoms with E-state index < -0.39 is 5.25 Å². The number of fused-ring (bicyclic) bond motifs is 1.